The molecule has 0 atom stereocenters. The van der Waals surface area contributed by atoms with Crippen LogP contribution >= 0.6 is 12.6 Å². The Kier molecular flexibility index (Phi) is 5.37. The number of esters is 1. The molecule has 7 heteroatoms. The summed E-state index contributed by atoms with van der Waals surface area (Å²) >= 11 is 4.39. The minimum Gasteiger partial charge on any atom is -0.465 e. The number of nitrogen functional groups attached to an aromatic ring is 1. The molecule has 0 radical (unpaired) electrons. The van der Waals surface area contributed by atoms with E-state index in [0.29, 0.717) is 22.6 Å². The maximum Gasteiger partial charge on any atom is 0.491 e. The molecule has 0 aromatic heterocycles. The highest BCUT2D eigenvalue weighted by Crippen LogP contribution is 2.39. The molecule has 0 spiro atoms. The number of anilines is 1. The fourth-order valence-electron chi connectivity index (χ4n) is 2.37. The zero-order valence-corrected chi connectivity index (χ0v) is 15.6. The monoisotopic (exact) mass is 349 g/mol. The lowest BCUT2D eigenvalue weighted by Crippen LogP contribution is -2.41. The van der Waals surface area contributed by atoms with Crippen LogP contribution in [0.15, 0.2) is 23.7 Å². The molecule has 0 bridgehead atoms. The molecule has 1 aliphatic rings. The van der Waals surface area contributed by atoms with Crippen molar-refractivity contribution in [1.29, 1.82) is 0 Å². The first kappa shape index (κ1) is 18.9. The molecule has 0 aliphatic carbocycles. The zero-order chi connectivity index (χ0) is 18.1. The quantitative estimate of drug-likeness (QED) is 0.378. The number of hydrogen-bond acceptors (Lipinski definition) is 6. The smallest absolute Gasteiger partial charge is 0.465 e. The van der Waals surface area contributed by atoms with Gasteiger partial charge in [-0.3, -0.25) is 0 Å². The Hall–Kier alpha value is -1.44. The van der Waals surface area contributed by atoms with Gasteiger partial charge in [0.05, 0.1) is 23.9 Å². The van der Waals surface area contributed by atoms with Crippen LogP contribution in [0.4, 0.5) is 5.69 Å². The minimum atomic E-state index is -0.518. The standard InChI is InChI=1S/C17H24BNO4S/c1-16(2)17(3,4)23-18(22-16)12(10-24)8-11-6-7-13(19)9-14(11)15(20)21-5/h6-9,24H,10,19H2,1-5H3. The van der Waals surface area contributed by atoms with Gasteiger partial charge >= 0.3 is 13.1 Å². The second-order valence-corrected chi connectivity index (χ2v) is 7.12. The highest BCUT2D eigenvalue weighted by molar-refractivity contribution is 7.80. The summed E-state index contributed by atoms with van der Waals surface area (Å²) in [5, 5.41) is 0. The maximum atomic E-state index is 12.0. The Morgan fingerprint density at radius 1 is 1.29 bits per heavy atom. The molecule has 2 rings (SSSR count). The molecule has 1 heterocycles. The number of hydrogen-bond donors (Lipinski definition) is 2. The summed E-state index contributed by atoms with van der Waals surface area (Å²) in [5.41, 5.74) is 7.31. The average molecular weight is 349 g/mol. The van der Waals surface area contributed by atoms with Gasteiger partial charge in [0, 0.05) is 11.4 Å². The Balaban J connectivity index is 2.41. The second-order valence-electron chi connectivity index (χ2n) is 6.80. The van der Waals surface area contributed by atoms with Crippen molar-refractivity contribution < 1.29 is 18.8 Å². The number of benzene rings is 1. The molecule has 1 aromatic rings. The van der Waals surface area contributed by atoms with Crippen LogP contribution in [0, 0.1) is 0 Å². The molecule has 130 valence electrons. The van der Waals surface area contributed by atoms with Gasteiger partial charge in [-0.15, -0.1) is 0 Å². The third-order valence-electron chi connectivity index (χ3n) is 4.56. The van der Waals surface area contributed by atoms with Gasteiger partial charge in [0.25, 0.3) is 0 Å². The van der Waals surface area contributed by atoms with Crippen molar-refractivity contribution in [2.24, 2.45) is 0 Å². The van der Waals surface area contributed by atoms with Crippen molar-refractivity contribution in [3.05, 3.63) is 34.8 Å². The van der Waals surface area contributed by atoms with Gasteiger partial charge < -0.3 is 19.8 Å². The van der Waals surface area contributed by atoms with Crippen molar-refractivity contribution in [2.75, 3.05) is 18.6 Å². The van der Waals surface area contributed by atoms with E-state index in [-0.39, 0.29) is 0 Å². The van der Waals surface area contributed by atoms with Crippen LogP contribution in [0.5, 0.6) is 0 Å². The number of rotatable bonds is 4. The topological polar surface area (TPSA) is 70.8 Å². The highest BCUT2D eigenvalue weighted by Gasteiger charge is 2.52. The van der Waals surface area contributed by atoms with E-state index in [1.54, 1.807) is 18.2 Å². The summed E-state index contributed by atoms with van der Waals surface area (Å²) in [4.78, 5) is 12.0. The van der Waals surface area contributed by atoms with E-state index < -0.39 is 24.3 Å². The number of methoxy groups -OCH3 is 1. The highest BCUT2D eigenvalue weighted by atomic mass is 32.1. The molecule has 5 nitrogen and oxygen atoms in total. The van der Waals surface area contributed by atoms with Crippen LogP contribution in [0.2, 0.25) is 0 Å². The largest absolute Gasteiger partial charge is 0.491 e. The Labute approximate surface area is 149 Å². The Bertz CT molecular complexity index is 657. The molecule has 0 unspecified atom stereocenters. The molecular weight excluding hydrogens is 325 g/mol. The molecular formula is C17H24BNO4S. The fourth-order valence-corrected chi connectivity index (χ4v) is 2.61. The van der Waals surface area contributed by atoms with E-state index in [1.807, 2.05) is 33.8 Å². The lowest BCUT2D eigenvalue weighted by Gasteiger charge is -2.32. The number of nitrogens with two attached hydrogens (primary N) is 1. The van der Waals surface area contributed by atoms with Crippen LogP contribution in [-0.4, -0.2) is 37.2 Å². The molecule has 1 aliphatic heterocycles. The van der Waals surface area contributed by atoms with Crippen molar-refractivity contribution >= 4 is 37.5 Å². The minimum absolute atomic E-state index is 0.397. The molecule has 0 amide bonds. The van der Waals surface area contributed by atoms with Crippen LogP contribution in [-0.2, 0) is 14.0 Å². The van der Waals surface area contributed by atoms with E-state index in [9.17, 15) is 4.79 Å². The molecule has 0 saturated carbocycles. The van der Waals surface area contributed by atoms with Gasteiger partial charge in [0.15, 0.2) is 0 Å². The van der Waals surface area contributed by atoms with Crippen molar-refractivity contribution in [3.63, 3.8) is 0 Å². The van der Waals surface area contributed by atoms with Gasteiger partial charge in [-0.2, -0.15) is 12.6 Å². The van der Waals surface area contributed by atoms with Crippen LogP contribution in [0.25, 0.3) is 6.08 Å². The third-order valence-corrected chi connectivity index (χ3v) is 4.93. The molecule has 2 N–H and O–H groups in total. The summed E-state index contributed by atoms with van der Waals surface area (Å²) in [7, 11) is 0.822. The Morgan fingerprint density at radius 3 is 2.38 bits per heavy atom. The van der Waals surface area contributed by atoms with E-state index >= 15 is 0 Å². The van der Waals surface area contributed by atoms with Crippen LogP contribution < -0.4 is 5.73 Å². The number of carbonyl (C=O) groups is 1. The fraction of sp³-hybridized carbons (Fsp3) is 0.471. The van der Waals surface area contributed by atoms with Gasteiger partial charge in [0.2, 0.25) is 0 Å². The number of ether oxygens (including phenoxy) is 1. The van der Waals surface area contributed by atoms with Gasteiger partial charge in [0.1, 0.15) is 0 Å². The van der Waals surface area contributed by atoms with Crippen molar-refractivity contribution in [1.82, 2.24) is 0 Å². The van der Waals surface area contributed by atoms with Crippen molar-refractivity contribution in [3.8, 4) is 0 Å². The van der Waals surface area contributed by atoms with Gasteiger partial charge in [-0.25, -0.2) is 4.79 Å². The average Bonchev–Trinajstić information content (AvgIpc) is 2.73. The SMILES string of the molecule is COC(=O)c1cc(N)ccc1C=C(CS)B1OC(C)(C)C(C)(C)O1. The van der Waals surface area contributed by atoms with E-state index in [4.69, 9.17) is 19.8 Å². The lowest BCUT2D eigenvalue weighted by atomic mass is 9.78. The van der Waals surface area contributed by atoms with E-state index in [2.05, 4.69) is 12.6 Å². The first-order chi connectivity index (χ1) is 11.1. The predicted molar refractivity (Wildman–Crippen MR) is 100 cm³/mol. The summed E-state index contributed by atoms with van der Waals surface area (Å²) in [6.07, 6.45) is 1.85. The van der Waals surface area contributed by atoms with E-state index in [1.165, 1.54) is 7.11 Å². The lowest BCUT2D eigenvalue weighted by molar-refractivity contribution is 0.00578. The normalized spacial score (nSPS) is 19.4. The first-order valence-electron chi connectivity index (χ1n) is 7.76. The zero-order valence-electron chi connectivity index (χ0n) is 14.8. The van der Waals surface area contributed by atoms with E-state index in [0.717, 1.165) is 5.47 Å². The summed E-state index contributed by atoms with van der Waals surface area (Å²) < 4.78 is 17.0. The molecule has 24 heavy (non-hydrogen) atoms. The van der Waals surface area contributed by atoms with Crippen molar-refractivity contribution in [2.45, 2.75) is 38.9 Å². The number of carbonyl (C=O) groups excluding carboxylic acids is 1. The van der Waals surface area contributed by atoms with Gasteiger partial charge in [-0.1, -0.05) is 12.1 Å². The number of thiol groups is 1. The third kappa shape index (κ3) is 3.63. The molecule has 1 fully saturated rings. The summed E-state index contributed by atoms with van der Waals surface area (Å²) in [5.74, 6) is -0.0112. The van der Waals surface area contributed by atoms with Crippen LogP contribution in [0.1, 0.15) is 43.6 Å². The molecule has 1 saturated heterocycles. The summed E-state index contributed by atoms with van der Waals surface area (Å²) in [6.45, 7) is 7.97. The van der Waals surface area contributed by atoms with Gasteiger partial charge in [-0.05, 0) is 50.9 Å². The molecule has 1 aromatic carbocycles. The summed E-state index contributed by atoms with van der Waals surface area (Å²) in [6, 6.07) is 5.10. The van der Waals surface area contributed by atoms with Crippen LogP contribution in [0.3, 0.4) is 0 Å². The predicted octanol–water partition coefficient (Wildman–Crippen LogP) is 3.00. The maximum absolute atomic E-state index is 12.0. The first-order valence-corrected chi connectivity index (χ1v) is 8.39. The Morgan fingerprint density at radius 2 is 1.88 bits per heavy atom. The second kappa shape index (κ2) is 6.82.